The Balaban J connectivity index is 2.88. The van der Waals surface area contributed by atoms with E-state index in [4.69, 9.17) is 0 Å². The molecule has 1 aromatic heterocycles. The minimum absolute atomic E-state index is 0.265. The molecule has 1 rings (SSSR count). The molecule has 1 aromatic rings. The molecule has 0 saturated heterocycles. The summed E-state index contributed by atoms with van der Waals surface area (Å²) < 4.78 is 2.17. The normalized spacial score (nSPS) is 12.1. The summed E-state index contributed by atoms with van der Waals surface area (Å²) in [5, 5.41) is 5.63. The molecule has 0 N–H and O–H groups in total. The van der Waals surface area contributed by atoms with E-state index in [9.17, 15) is 0 Å². The van der Waals surface area contributed by atoms with Gasteiger partial charge >= 0.3 is 0 Å². The molecule has 0 amide bonds. The van der Waals surface area contributed by atoms with E-state index in [1.807, 2.05) is 0 Å². The van der Waals surface area contributed by atoms with Crippen LogP contribution >= 0.6 is 15.9 Å². The van der Waals surface area contributed by atoms with Crippen LogP contribution < -0.4 is 0 Å². The molecule has 0 fully saturated rings. The molecule has 0 aliphatic heterocycles. The van der Waals surface area contributed by atoms with Crippen LogP contribution in [0.4, 0.5) is 0 Å². The van der Waals surface area contributed by atoms with Gasteiger partial charge in [-0.25, -0.2) is 0 Å². The fourth-order valence-electron chi connectivity index (χ4n) is 1.56. The predicted octanol–water partition coefficient (Wildman–Crippen LogP) is 3.43. The first kappa shape index (κ1) is 12.8. The molecule has 0 saturated carbocycles. The van der Waals surface area contributed by atoms with E-state index < -0.39 is 0 Å². The highest BCUT2D eigenvalue weighted by Crippen LogP contribution is 2.22. The van der Waals surface area contributed by atoms with Crippen molar-refractivity contribution < 1.29 is 0 Å². The Bertz CT molecular complexity index is 315. The Morgan fingerprint density at radius 3 is 2.47 bits per heavy atom. The van der Waals surface area contributed by atoms with Gasteiger partial charge in [-0.1, -0.05) is 43.6 Å². The maximum absolute atomic E-state index is 4.63. The summed E-state index contributed by atoms with van der Waals surface area (Å²) >= 11 is 3.56. The number of nitrogens with zero attached hydrogens (tertiary/aromatic N) is 2. The predicted molar refractivity (Wildman–Crippen MR) is 68.6 cm³/mol. The smallest absolute Gasteiger partial charge is 0.0624 e. The summed E-state index contributed by atoms with van der Waals surface area (Å²) in [7, 11) is 0. The van der Waals surface area contributed by atoms with Gasteiger partial charge in [0.05, 0.1) is 5.69 Å². The van der Waals surface area contributed by atoms with E-state index in [-0.39, 0.29) is 5.41 Å². The first-order chi connectivity index (χ1) is 7.02. The van der Waals surface area contributed by atoms with Gasteiger partial charge in [0.15, 0.2) is 0 Å². The Hall–Kier alpha value is -0.310. The largest absolute Gasteiger partial charge is 0.269 e. The lowest BCUT2D eigenvalue weighted by Gasteiger charge is -2.22. The molecule has 0 unspecified atom stereocenters. The lowest BCUT2D eigenvalue weighted by atomic mass is 9.97. The molecule has 2 nitrogen and oxygen atoms in total. The van der Waals surface area contributed by atoms with Crippen LogP contribution in [0.2, 0.25) is 0 Å². The number of rotatable bonds is 5. The number of alkyl halides is 1. The summed E-state index contributed by atoms with van der Waals surface area (Å²) in [5.41, 5.74) is 2.82. The van der Waals surface area contributed by atoms with Crippen LogP contribution in [-0.4, -0.2) is 15.1 Å². The van der Waals surface area contributed by atoms with Crippen molar-refractivity contribution in [3.05, 3.63) is 17.5 Å². The van der Waals surface area contributed by atoms with Crippen molar-refractivity contribution >= 4 is 15.9 Å². The summed E-state index contributed by atoms with van der Waals surface area (Å²) in [6.45, 7) is 9.85. The second-order valence-electron chi connectivity index (χ2n) is 4.79. The van der Waals surface area contributed by atoms with Gasteiger partial charge in [0, 0.05) is 17.6 Å². The van der Waals surface area contributed by atoms with E-state index in [0.717, 1.165) is 24.7 Å². The maximum Gasteiger partial charge on any atom is 0.0624 e. The number of hydrogen-bond donors (Lipinski definition) is 0. The molecular formula is C12H21BrN2. The maximum atomic E-state index is 4.63. The van der Waals surface area contributed by atoms with Crippen molar-refractivity contribution in [2.45, 2.75) is 47.1 Å². The van der Waals surface area contributed by atoms with Crippen molar-refractivity contribution in [1.29, 1.82) is 0 Å². The fourth-order valence-corrected chi connectivity index (χ4v) is 1.73. The van der Waals surface area contributed by atoms with Gasteiger partial charge in [-0.15, -0.1) is 0 Å². The summed E-state index contributed by atoms with van der Waals surface area (Å²) in [6, 6.07) is 2.23. The summed E-state index contributed by atoms with van der Waals surface area (Å²) in [5.74, 6) is 0. The molecule has 0 aliphatic carbocycles. The quantitative estimate of drug-likeness (QED) is 0.751. The SMILES string of the molecule is CCc1cc(CC)n(CC(C)(C)CBr)n1. The van der Waals surface area contributed by atoms with Gasteiger partial charge in [-0.3, -0.25) is 4.68 Å². The van der Waals surface area contributed by atoms with Crippen molar-refractivity contribution in [2.24, 2.45) is 5.41 Å². The first-order valence-corrected chi connectivity index (χ1v) is 6.76. The van der Waals surface area contributed by atoms with Gasteiger partial charge in [-0.05, 0) is 24.3 Å². The van der Waals surface area contributed by atoms with Gasteiger partial charge < -0.3 is 0 Å². The molecule has 0 radical (unpaired) electrons. The molecule has 86 valence electrons. The zero-order valence-electron chi connectivity index (χ0n) is 10.2. The molecular weight excluding hydrogens is 252 g/mol. The minimum Gasteiger partial charge on any atom is -0.269 e. The Morgan fingerprint density at radius 2 is 2.00 bits per heavy atom. The lowest BCUT2D eigenvalue weighted by molar-refractivity contribution is 0.329. The average molecular weight is 273 g/mol. The van der Waals surface area contributed by atoms with Crippen molar-refractivity contribution in [2.75, 3.05) is 5.33 Å². The number of halogens is 1. The number of aryl methyl sites for hydroxylation is 2. The molecule has 0 atom stereocenters. The third-order valence-corrected chi connectivity index (χ3v) is 4.10. The third kappa shape index (κ3) is 3.33. The molecule has 15 heavy (non-hydrogen) atoms. The summed E-state index contributed by atoms with van der Waals surface area (Å²) in [4.78, 5) is 0. The fraction of sp³-hybridized carbons (Fsp3) is 0.750. The number of aromatic nitrogens is 2. The molecule has 3 heteroatoms. The Kier molecular flexibility index (Phi) is 4.38. The van der Waals surface area contributed by atoms with Crippen LogP contribution in [0.5, 0.6) is 0 Å². The lowest BCUT2D eigenvalue weighted by Crippen LogP contribution is -2.23. The second-order valence-corrected chi connectivity index (χ2v) is 5.35. The first-order valence-electron chi connectivity index (χ1n) is 5.64. The van der Waals surface area contributed by atoms with E-state index in [1.54, 1.807) is 0 Å². The van der Waals surface area contributed by atoms with E-state index in [1.165, 1.54) is 11.4 Å². The zero-order valence-corrected chi connectivity index (χ0v) is 11.8. The van der Waals surface area contributed by atoms with Crippen molar-refractivity contribution in [3.8, 4) is 0 Å². The topological polar surface area (TPSA) is 17.8 Å². The third-order valence-electron chi connectivity index (χ3n) is 2.58. The van der Waals surface area contributed by atoms with Crippen LogP contribution in [0.3, 0.4) is 0 Å². The highest BCUT2D eigenvalue weighted by molar-refractivity contribution is 9.09. The molecule has 0 spiro atoms. The standard InChI is InChI=1S/C12H21BrN2/c1-5-10-7-11(6-2)15(14-10)9-12(3,4)8-13/h7H,5-6,8-9H2,1-4H3. The molecule has 1 heterocycles. The average Bonchev–Trinajstić information content (AvgIpc) is 2.59. The van der Waals surface area contributed by atoms with Gasteiger partial charge in [0.25, 0.3) is 0 Å². The molecule has 0 aromatic carbocycles. The van der Waals surface area contributed by atoms with Gasteiger partial charge in [0.1, 0.15) is 0 Å². The van der Waals surface area contributed by atoms with Crippen LogP contribution in [-0.2, 0) is 19.4 Å². The van der Waals surface area contributed by atoms with Crippen LogP contribution in [0.25, 0.3) is 0 Å². The van der Waals surface area contributed by atoms with E-state index >= 15 is 0 Å². The highest BCUT2D eigenvalue weighted by Gasteiger charge is 2.19. The number of hydrogen-bond acceptors (Lipinski definition) is 1. The molecule has 0 bridgehead atoms. The van der Waals surface area contributed by atoms with E-state index in [2.05, 4.69) is 59.5 Å². The Morgan fingerprint density at radius 1 is 1.33 bits per heavy atom. The van der Waals surface area contributed by atoms with Crippen LogP contribution in [0.1, 0.15) is 39.1 Å². The minimum atomic E-state index is 0.265. The second kappa shape index (κ2) is 5.15. The van der Waals surface area contributed by atoms with Gasteiger partial charge in [0.2, 0.25) is 0 Å². The van der Waals surface area contributed by atoms with Crippen LogP contribution in [0, 0.1) is 5.41 Å². The summed E-state index contributed by atoms with van der Waals surface area (Å²) in [6.07, 6.45) is 2.08. The van der Waals surface area contributed by atoms with Crippen molar-refractivity contribution in [1.82, 2.24) is 9.78 Å². The van der Waals surface area contributed by atoms with Gasteiger partial charge in [-0.2, -0.15) is 5.10 Å². The Labute approximate surface area is 101 Å². The highest BCUT2D eigenvalue weighted by atomic mass is 79.9. The van der Waals surface area contributed by atoms with Crippen molar-refractivity contribution in [3.63, 3.8) is 0 Å². The van der Waals surface area contributed by atoms with E-state index in [0.29, 0.717) is 0 Å². The molecule has 0 aliphatic rings. The monoisotopic (exact) mass is 272 g/mol. The van der Waals surface area contributed by atoms with Crippen LogP contribution in [0.15, 0.2) is 6.07 Å². The zero-order chi connectivity index (χ0) is 11.5.